The number of hydrogen-bond acceptors (Lipinski definition) is 4. The van der Waals surface area contributed by atoms with Crippen molar-refractivity contribution in [1.82, 2.24) is 19.6 Å². The van der Waals surface area contributed by atoms with Crippen molar-refractivity contribution >= 4 is 5.91 Å². The van der Waals surface area contributed by atoms with Crippen molar-refractivity contribution in [2.24, 2.45) is 11.8 Å². The number of piperazine rings is 1. The van der Waals surface area contributed by atoms with E-state index in [2.05, 4.69) is 10.00 Å². The Balaban J connectivity index is 1.25. The van der Waals surface area contributed by atoms with Crippen molar-refractivity contribution in [1.29, 1.82) is 0 Å². The molecule has 1 aromatic carbocycles. The molecule has 2 aliphatic carbocycles. The summed E-state index contributed by atoms with van der Waals surface area (Å²) in [5, 5.41) is 14.6. The number of amides is 1. The van der Waals surface area contributed by atoms with Gasteiger partial charge in [-0.05, 0) is 43.2 Å². The lowest BCUT2D eigenvalue weighted by Crippen LogP contribution is -2.53. The lowest BCUT2D eigenvalue weighted by Gasteiger charge is -2.40. The molecule has 2 saturated carbocycles. The Morgan fingerprint density at radius 3 is 2.48 bits per heavy atom. The van der Waals surface area contributed by atoms with Gasteiger partial charge in [-0.15, -0.1) is 0 Å². The van der Waals surface area contributed by atoms with Gasteiger partial charge in [0.15, 0.2) is 11.4 Å². The number of para-hydroxylation sites is 1. The zero-order valence-electron chi connectivity index (χ0n) is 15.5. The minimum absolute atomic E-state index is 0.0561. The van der Waals surface area contributed by atoms with Crippen molar-refractivity contribution in [2.75, 3.05) is 26.2 Å². The second-order valence-electron chi connectivity index (χ2n) is 8.21. The Morgan fingerprint density at radius 1 is 1.04 bits per heavy atom. The quantitative estimate of drug-likeness (QED) is 0.907. The summed E-state index contributed by atoms with van der Waals surface area (Å²) >= 11 is 0. The number of carbonyl (C=O) groups is 1. The molecule has 0 unspecified atom stereocenters. The van der Waals surface area contributed by atoms with Gasteiger partial charge in [-0.2, -0.15) is 5.10 Å². The fourth-order valence-corrected chi connectivity index (χ4v) is 5.29. The summed E-state index contributed by atoms with van der Waals surface area (Å²) in [6.45, 7) is 3.29. The van der Waals surface area contributed by atoms with E-state index >= 15 is 0 Å². The molecule has 2 heterocycles. The molecule has 5 rings (SSSR count). The van der Waals surface area contributed by atoms with Gasteiger partial charge in [0.1, 0.15) is 0 Å². The summed E-state index contributed by atoms with van der Waals surface area (Å²) in [5.74, 6) is 1.59. The molecule has 3 atom stereocenters. The van der Waals surface area contributed by atoms with Crippen LogP contribution in [0.25, 0.3) is 5.69 Å². The Hall–Kier alpha value is -2.34. The molecule has 6 nitrogen and oxygen atoms in total. The number of aromatic hydroxyl groups is 1. The predicted molar refractivity (Wildman–Crippen MR) is 102 cm³/mol. The fraction of sp³-hybridized carbons (Fsp3) is 0.524. The largest absolute Gasteiger partial charge is 0.504 e. The van der Waals surface area contributed by atoms with E-state index in [1.807, 2.05) is 35.2 Å². The van der Waals surface area contributed by atoms with Crippen LogP contribution in [0.3, 0.4) is 0 Å². The van der Waals surface area contributed by atoms with E-state index in [4.69, 9.17) is 0 Å². The van der Waals surface area contributed by atoms with E-state index in [0.717, 1.165) is 36.7 Å². The summed E-state index contributed by atoms with van der Waals surface area (Å²) in [6.07, 6.45) is 7.08. The summed E-state index contributed by atoms with van der Waals surface area (Å²) in [6, 6.07) is 10.3. The summed E-state index contributed by atoms with van der Waals surface area (Å²) in [5.41, 5.74) is 0.972. The topological polar surface area (TPSA) is 61.6 Å². The van der Waals surface area contributed by atoms with E-state index in [1.165, 1.54) is 31.9 Å². The highest BCUT2D eigenvalue weighted by molar-refractivity contribution is 5.95. The summed E-state index contributed by atoms with van der Waals surface area (Å²) in [7, 11) is 0. The summed E-state index contributed by atoms with van der Waals surface area (Å²) < 4.78 is 1.56. The van der Waals surface area contributed by atoms with Crippen molar-refractivity contribution < 1.29 is 9.90 Å². The highest BCUT2D eigenvalue weighted by atomic mass is 16.3. The second kappa shape index (κ2) is 6.68. The third-order valence-electron chi connectivity index (χ3n) is 6.69. The van der Waals surface area contributed by atoms with E-state index in [-0.39, 0.29) is 17.4 Å². The lowest BCUT2D eigenvalue weighted by atomic mass is 9.93. The molecule has 3 aliphatic rings. The molecule has 1 aromatic heterocycles. The van der Waals surface area contributed by atoms with Crippen LogP contribution < -0.4 is 0 Å². The molecule has 1 saturated heterocycles. The second-order valence-corrected chi connectivity index (χ2v) is 8.21. The number of fused-ring (bicyclic) bond motifs is 2. The first-order valence-electron chi connectivity index (χ1n) is 10.1. The molecule has 2 aromatic rings. The van der Waals surface area contributed by atoms with E-state index in [1.54, 1.807) is 4.68 Å². The highest BCUT2D eigenvalue weighted by Gasteiger charge is 2.43. The van der Waals surface area contributed by atoms with Gasteiger partial charge in [0, 0.05) is 32.2 Å². The van der Waals surface area contributed by atoms with Crippen LogP contribution in [0.2, 0.25) is 0 Å². The third kappa shape index (κ3) is 3.02. The molecule has 1 amide bonds. The van der Waals surface area contributed by atoms with Crippen molar-refractivity contribution in [3.63, 3.8) is 0 Å². The Morgan fingerprint density at radius 2 is 1.81 bits per heavy atom. The fourth-order valence-electron chi connectivity index (χ4n) is 5.29. The van der Waals surface area contributed by atoms with Crippen molar-refractivity contribution in [3.05, 3.63) is 42.2 Å². The van der Waals surface area contributed by atoms with E-state index in [9.17, 15) is 9.90 Å². The van der Waals surface area contributed by atoms with Crippen molar-refractivity contribution in [3.8, 4) is 11.4 Å². The van der Waals surface area contributed by atoms with Crippen LogP contribution in [0.4, 0.5) is 0 Å². The monoisotopic (exact) mass is 366 g/mol. The summed E-state index contributed by atoms with van der Waals surface area (Å²) in [4.78, 5) is 17.3. The van der Waals surface area contributed by atoms with Gasteiger partial charge in [-0.25, -0.2) is 4.68 Å². The minimum Gasteiger partial charge on any atom is -0.504 e. The van der Waals surface area contributed by atoms with Crippen LogP contribution in [0.15, 0.2) is 36.5 Å². The molecule has 0 radical (unpaired) electrons. The SMILES string of the molecule is O=C(c1nn(-c2ccccc2)cc1O)N1CCN([C@@H]2C[C@@H]3CC[C@H]2C3)CC1. The van der Waals surface area contributed by atoms with Gasteiger partial charge < -0.3 is 10.0 Å². The number of hydrogen-bond donors (Lipinski definition) is 1. The average Bonchev–Trinajstić information content (AvgIpc) is 3.44. The first-order valence-corrected chi connectivity index (χ1v) is 10.1. The van der Waals surface area contributed by atoms with Gasteiger partial charge in [-0.3, -0.25) is 9.69 Å². The highest BCUT2D eigenvalue weighted by Crippen LogP contribution is 2.46. The zero-order chi connectivity index (χ0) is 18.4. The number of rotatable bonds is 3. The normalized spacial score (nSPS) is 28.0. The van der Waals surface area contributed by atoms with E-state index < -0.39 is 0 Å². The molecular formula is C21H26N4O2. The molecule has 2 bridgehead atoms. The number of benzene rings is 1. The maximum Gasteiger partial charge on any atom is 0.278 e. The first-order chi connectivity index (χ1) is 13.2. The van der Waals surface area contributed by atoms with Crippen LogP contribution in [0, 0.1) is 11.8 Å². The van der Waals surface area contributed by atoms with Crippen LogP contribution in [0.5, 0.6) is 5.75 Å². The zero-order valence-corrected chi connectivity index (χ0v) is 15.5. The van der Waals surface area contributed by atoms with Crippen LogP contribution in [-0.4, -0.2) is 62.8 Å². The van der Waals surface area contributed by atoms with Gasteiger partial charge in [-0.1, -0.05) is 24.6 Å². The van der Waals surface area contributed by atoms with E-state index in [0.29, 0.717) is 13.1 Å². The molecule has 3 fully saturated rings. The van der Waals surface area contributed by atoms with Gasteiger partial charge >= 0.3 is 0 Å². The Labute approximate surface area is 159 Å². The molecule has 1 aliphatic heterocycles. The smallest absolute Gasteiger partial charge is 0.278 e. The molecule has 1 N–H and O–H groups in total. The molecular weight excluding hydrogens is 340 g/mol. The maximum atomic E-state index is 12.9. The lowest BCUT2D eigenvalue weighted by molar-refractivity contribution is 0.0488. The number of aromatic nitrogens is 2. The van der Waals surface area contributed by atoms with Gasteiger partial charge in [0.05, 0.1) is 11.9 Å². The third-order valence-corrected chi connectivity index (χ3v) is 6.69. The van der Waals surface area contributed by atoms with Gasteiger partial charge in [0.25, 0.3) is 5.91 Å². The first kappa shape index (κ1) is 16.8. The minimum atomic E-state index is -0.172. The molecule has 142 valence electrons. The van der Waals surface area contributed by atoms with Crippen LogP contribution in [0.1, 0.15) is 36.2 Å². The molecule has 6 heteroatoms. The standard InChI is InChI=1S/C21H26N4O2/c26-19-14-25(17-4-2-1-3-5-17)22-20(19)21(27)24-10-8-23(9-11-24)18-13-15-6-7-16(18)12-15/h1-5,14-16,18,26H,6-13H2/t15-,16+,18-/m1/s1. The van der Waals surface area contributed by atoms with Crippen molar-refractivity contribution in [2.45, 2.75) is 31.7 Å². The average molecular weight is 366 g/mol. The molecule has 0 spiro atoms. The van der Waals surface area contributed by atoms with Crippen LogP contribution in [-0.2, 0) is 0 Å². The Kier molecular flexibility index (Phi) is 4.16. The Bertz CT molecular complexity index is 826. The molecule has 27 heavy (non-hydrogen) atoms. The predicted octanol–water partition coefficient (Wildman–Crippen LogP) is 2.52. The maximum absolute atomic E-state index is 12.9. The van der Waals surface area contributed by atoms with Crippen LogP contribution >= 0.6 is 0 Å². The number of carbonyl (C=O) groups excluding carboxylic acids is 1. The number of nitrogens with zero attached hydrogens (tertiary/aromatic N) is 4. The van der Waals surface area contributed by atoms with Gasteiger partial charge in [0.2, 0.25) is 0 Å².